The second kappa shape index (κ2) is 8.61. The van der Waals surface area contributed by atoms with Gasteiger partial charge in [0.15, 0.2) is 11.5 Å². The van der Waals surface area contributed by atoms with Crippen LogP contribution in [0.1, 0.15) is 29.8 Å². The van der Waals surface area contributed by atoms with E-state index in [0.717, 1.165) is 28.6 Å². The number of carbonyl (C=O) groups is 1. The first-order chi connectivity index (χ1) is 13.6. The van der Waals surface area contributed by atoms with Crippen molar-refractivity contribution < 1.29 is 19.0 Å². The zero-order chi connectivity index (χ0) is 20.1. The number of fused-ring (bicyclic) bond motifs is 1. The fourth-order valence-electron chi connectivity index (χ4n) is 3.13. The van der Waals surface area contributed by atoms with Gasteiger partial charge in [-0.25, -0.2) is 4.79 Å². The Balaban J connectivity index is 2.16. The standard InChI is InChI=1S/C22H24N2O4/c1-5-14-8-7-9-16-20(14)23-13-17(22(25)28-6-2)21(16)24-15-10-11-18(26-3)19(12-15)27-4/h7-13H,5-6H2,1-4H3,(H,23,24). The molecule has 6 heteroatoms. The van der Waals surface area contributed by atoms with E-state index in [9.17, 15) is 4.79 Å². The highest BCUT2D eigenvalue weighted by Gasteiger charge is 2.18. The van der Waals surface area contributed by atoms with Gasteiger partial charge in [-0.1, -0.05) is 25.1 Å². The lowest BCUT2D eigenvalue weighted by atomic mass is 10.0. The second-order valence-corrected chi connectivity index (χ2v) is 6.13. The number of aromatic nitrogens is 1. The molecule has 1 heterocycles. The maximum Gasteiger partial charge on any atom is 0.341 e. The van der Waals surface area contributed by atoms with Crippen LogP contribution in [-0.2, 0) is 11.2 Å². The molecule has 0 amide bonds. The molecule has 3 rings (SSSR count). The van der Waals surface area contributed by atoms with Crippen LogP contribution in [0, 0.1) is 0 Å². The highest BCUT2D eigenvalue weighted by Crippen LogP contribution is 2.35. The number of esters is 1. The number of hydrogen-bond donors (Lipinski definition) is 1. The molecule has 0 aliphatic carbocycles. The molecule has 28 heavy (non-hydrogen) atoms. The van der Waals surface area contributed by atoms with Gasteiger partial charge in [-0.05, 0) is 31.0 Å². The van der Waals surface area contributed by atoms with Crippen LogP contribution in [0.5, 0.6) is 11.5 Å². The van der Waals surface area contributed by atoms with E-state index in [1.807, 2.05) is 36.4 Å². The van der Waals surface area contributed by atoms with Gasteiger partial charge in [-0.15, -0.1) is 0 Å². The number of hydrogen-bond acceptors (Lipinski definition) is 6. The van der Waals surface area contributed by atoms with Gasteiger partial charge in [-0.2, -0.15) is 0 Å². The molecule has 0 aliphatic heterocycles. The quantitative estimate of drug-likeness (QED) is 0.597. The van der Waals surface area contributed by atoms with E-state index >= 15 is 0 Å². The monoisotopic (exact) mass is 380 g/mol. The van der Waals surface area contributed by atoms with Gasteiger partial charge in [0, 0.05) is 23.3 Å². The molecule has 146 valence electrons. The lowest BCUT2D eigenvalue weighted by molar-refractivity contribution is 0.0527. The van der Waals surface area contributed by atoms with E-state index in [-0.39, 0.29) is 0 Å². The minimum absolute atomic E-state index is 0.293. The number of aryl methyl sites for hydroxylation is 1. The van der Waals surface area contributed by atoms with Crippen molar-refractivity contribution in [3.63, 3.8) is 0 Å². The zero-order valence-electron chi connectivity index (χ0n) is 16.5. The average Bonchev–Trinajstić information content (AvgIpc) is 2.73. The van der Waals surface area contributed by atoms with Gasteiger partial charge >= 0.3 is 5.97 Å². The largest absolute Gasteiger partial charge is 0.493 e. The van der Waals surface area contributed by atoms with E-state index in [0.29, 0.717) is 29.4 Å². The molecule has 1 aromatic heterocycles. The van der Waals surface area contributed by atoms with Gasteiger partial charge in [0.05, 0.1) is 32.0 Å². The van der Waals surface area contributed by atoms with Crippen LogP contribution in [0.25, 0.3) is 10.9 Å². The minimum atomic E-state index is -0.415. The van der Waals surface area contributed by atoms with Crippen LogP contribution >= 0.6 is 0 Å². The van der Waals surface area contributed by atoms with Crippen LogP contribution < -0.4 is 14.8 Å². The second-order valence-electron chi connectivity index (χ2n) is 6.13. The Hall–Kier alpha value is -3.28. The molecule has 1 N–H and O–H groups in total. The Bertz CT molecular complexity index is 1000. The average molecular weight is 380 g/mol. The lowest BCUT2D eigenvalue weighted by Crippen LogP contribution is -2.09. The van der Waals surface area contributed by atoms with Crippen LogP contribution in [0.4, 0.5) is 11.4 Å². The van der Waals surface area contributed by atoms with Crippen molar-refractivity contribution in [2.24, 2.45) is 0 Å². The molecule has 0 fully saturated rings. The number of benzene rings is 2. The fraction of sp³-hybridized carbons (Fsp3) is 0.273. The smallest absolute Gasteiger partial charge is 0.341 e. The topological polar surface area (TPSA) is 69.7 Å². The van der Waals surface area contributed by atoms with E-state index in [1.54, 1.807) is 27.3 Å². The Morgan fingerprint density at radius 3 is 2.54 bits per heavy atom. The van der Waals surface area contributed by atoms with Crippen molar-refractivity contribution >= 4 is 28.2 Å². The molecule has 0 saturated heterocycles. The third-order valence-electron chi connectivity index (χ3n) is 4.51. The number of carbonyl (C=O) groups excluding carboxylic acids is 1. The van der Waals surface area contributed by atoms with Gasteiger partial charge in [0.25, 0.3) is 0 Å². The summed E-state index contributed by atoms with van der Waals surface area (Å²) in [5.74, 6) is 0.811. The predicted octanol–water partition coefficient (Wildman–Crippen LogP) is 4.73. The SMILES string of the molecule is CCOC(=O)c1cnc2c(CC)cccc2c1Nc1ccc(OC)c(OC)c1. The summed E-state index contributed by atoms with van der Waals surface area (Å²) < 4.78 is 15.9. The van der Waals surface area contributed by atoms with E-state index in [4.69, 9.17) is 14.2 Å². The summed E-state index contributed by atoms with van der Waals surface area (Å²) in [7, 11) is 3.17. The molecular formula is C22H24N2O4. The van der Waals surface area contributed by atoms with E-state index < -0.39 is 5.97 Å². The van der Waals surface area contributed by atoms with Crippen LogP contribution in [0.3, 0.4) is 0 Å². The number of methoxy groups -OCH3 is 2. The molecule has 0 unspecified atom stereocenters. The van der Waals surface area contributed by atoms with Crippen molar-refractivity contribution in [2.45, 2.75) is 20.3 Å². The van der Waals surface area contributed by atoms with Gasteiger partial charge in [-0.3, -0.25) is 4.98 Å². The summed E-state index contributed by atoms with van der Waals surface area (Å²) in [5.41, 5.74) is 3.78. The Kier molecular flexibility index (Phi) is 5.99. The van der Waals surface area contributed by atoms with Gasteiger partial charge in [0.2, 0.25) is 0 Å². The molecule has 0 bridgehead atoms. The number of pyridine rings is 1. The first-order valence-electron chi connectivity index (χ1n) is 9.19. The van der Waals surface area contributed by atoms with Gasteiger partial charge < -0.3 is 19.5 Å². The zero-order valence-corrected chi connectivity index (χ0v) is 16.5. The number of nitrogens with one attached hydrogen (secondary N) is 1. The highest BCUT2D eigenvalue weighted by molar-refractivity contribution is 6.06. The first-order valence-corrected chi connectivity index (χ1v) is 9.19. The summed E-state index contributed by atoms with van der Waals surface area (Å²) in [4.78, 5) is 17.1. The molecule has 0 atom stereocenters. The fourth-order valence-corrected chi connectivity index (χ4v) is 3.13. The Morgan fingerprint density at radius 1 is 1.07 bits per heavy atom. The first kappa shape index (κ1) is 19.5. The van der Waals surface area contributed by atoms with Crippen molar-refractivity contribution in [1.29, 1.82) is 0 Å². The summed E-state index contributed by atoms with van der Waals surface area (Å²) >= 11 is 0. The molecule has 3 aromatic rings. The van der Waals surface area contributed by atoms with Gasteiger partial charge in [0.1, 0.15) is 5.56 Å². The third kappa shape index (κ3) is 3.71. The number of para-hydroxylation sites is 1. The van der Waals surface area contributed by atoms with E-state index in [1.165, 1.54) is 0 Å². The number of anilines is 2. The molecule has 0 spiro atoms. The molecule has 0 radical (unpaired) electrons. The third-order valence-corrected chi connectivity index (χ3v) is 4.51. The maximum atomic E-state index is 12.5. The Labute approximate surface area is 164 Å². The van der Waals surface area contributed by atoms with Crippen LogP contribution in [0.15, 0.2) is 42.6 Å². The van der Waals surface area contributed by atoms with Crippen molar-refractivity contribution in [1.82, 2.24) is 4.98 Å². The summed E-state index contributed by atoms with van der Waals surface area (Å²) in [6.45, 7) is 4.15. The van der Waals surface area contributed by atoms with Crippen molar-refractivity contribution in [2.75, 3.05) is 26.1 Å². The lowest BCUT2D eigenvalue weighted by Gasteiger charge is -2.16. The summed E-state index contributed by atoms with van der Waals surface area (Å²) in [6.07, 6.45) is 2.42. The molecule has 2 aromatic carbocycles. The molecule has 0 aliphatic rings. The molecule has 0 saturated carbocycles. The minimum Gasteiger partial charge on any atom is -0.493 e. The van der Waals surface area contributed by atoms with E-state index in [2.05, 4.69) is 17.2 Å². The maximum absolute atomic E-state index is 12.5. The molecule has 6 nitrogen and oxygen atoms in total. The highest BCUT2D eigenvalue weighted by atomic mass is 16.5. The summed E-state index contributed by atoms with van der Waals surface area (Å²) in [5, 5.41) is 4.22. The van der Waals surface area contributed by atoms with Crippen LogP contribution in [0.2, 0.25) is 0 Å². The normalized spacial score (nSPS) is 10.6. The van der Waals surface area contributed by atoms with Crippen molar-refractivity contribution in [3.05, 3.63) is 53.7 Å². The molecular weight excluding hydrogens is 356 g/mol. The number of rotatable bonds is 7. The Morgan fingerprint density at radius 2 is 1.86 bits per heavy atom. The number of ether oxygens (including phenoxy) is 3. The predicted molar refractivity (Wildman–Crippen MR) is 110 cm³/mol. The van der Waals surface area contributed by atoms with Crippen molar-refractivity contribution in [3.8, 4) is 11.5 Å². The van der Waals surface area contributed by atoms with Crippen LogP contribution in [-0.4, -0.2) is 31.8 Å². The summed E-state index contributed by atoms with van der Waals surface area (Å²) in [6, 6.07) is 11.5. The number of nitrogens with zero attached hydrogens (tertiary/aromatic N) is 1.